The molecule has 196 valence electrons. The lowest BCUT2D eigenvalue weighted by molar-refractivity contribution is -0.123. The summed E-state index contributed by atoms with van der Waals surface area (Å²) in [7, 11) is -3.71. The minimum Gasteiger partial charge on any atom is -0.467 e. The third-order valence-corrected chi connectivity index (χ3v) is 8.21. The number of benzene rings is 2. The van der Waals surface area contributed by atoms with Crippen molar-refractivity contribution in [2.45, 2.75) is 43.7 Å². The van der Waals surface area contributed by atoms with Gasteiger partial charge < -0.3 is 19.8 Å². The van der Waals surface area contributed by atoms with Gasteiger partial charge in [-0.2, -0.15) is 4.31 Å². The summed E-state index contributed by atoms with van der Waals surface area (Å²) in [6.45, 7) is 2.70. The van der Waals surface area contributed by atoms with E-state index in [4.69, 9.17) is 20.8 Å². The first-order valence-corrected chi connectivity index (χ1v) is 13.7. The Morgan fingerprint density at radius 1 is 1.05 bits per heavy atom. The van der Waals surface area contributed by atoms with Crippen molar-refractivity contribution in [3.05, 3.63) is 77.2 Å². The second-order valence-electron chi connectivity index (χ2n) is 8.62. The van der Waals surface area contributed by atoms with Gasteiger partial charge in [-0.25, -0.2) is 13.2 Å². The van der Waals surface area contributed by atoms with Gasteiger partial charge in [0.2, 0.25) is 10.0 Å². The van der Waals surface area contributed by atoms with Crippen molar-refractivity contribution in [2.75, 3.05) is 23.7 Å². The fourth-order valence-corrected chi connectivity index (χ4v) is 5.65. The van der Waals surface area contributed by atoms with Gasteiger partial charge in [0, 0.05) is 18.8 Å². The van der Waals surface area contributed by atoms with Crippen LogP contribution in [0.4, 0.5) is 11.4 Å². The third-order valence-electron chi connectivity index (χ3n) is 5.98. The van der Waals surface area contributed by atoms with Crippen LogP contribution in [0.3, 0.4) is 0 Å². The molecule has 1 aliphatic heterocycles. The highest BCUT2D eigenvalue weighted by Crippen LogP contribution is 2.28. The van der Waals surface area contributed by atoms with Crippen LogP contribution in [0.1, 0.15) is 42.3 Å². The first-order valence-electron chi connectivity index (χ1n) is 11.9. The van der Waals surface area contributed by atoms with Gasteiger partial charge in [0.05, 0.1) is 34.0 Å². The Morgan fingerprint density at radius 2 is 1.81 bits per heavy atom. The molecule has 1 saturated heterocycles. The lowest BCUT2D eigenvalue weighted by Gasteiger charge is -2.26. The number of hydrogen-bond donors (Lipinski definition) is 2. The Labute approximate surface area is 220 Å². The van der Waals surface area contributed by atoms with Crippen LogP contribution in [0.5, 0.6) is 0 Å². The number of carbonyl (C=O) groups excluding carboxylic acids is 2. The molecule has 1 amide bonds. The van der Waals surface area contributed by atoms with Crippen molar-refractivity contribution >= 4 is 44.9 Å². The van der Waals surface area contributed by atoms with Gasteiger partial charge in [0.25, 0.3) is 5.91 Å². The lowest BCUT2D eigenvalue weighted by atomic mass is 10.1. The summed E-state index contributed by atoms with van der Waals surface area (Å²) < 4.78 is 38.2. The highest BCUT2D eigenvalue weighted by atomic mass is 35.5. The van der Waals surface area contributed by atoms with Gasteiger partial charge in [0.1, 0.15) is 5.76 Å². The van der Waals surface area contributed by atoms with E-state index < -0.39 is 28.0 Å². The normalized spacial score (nSPS) is 15.1. The summed E-state index contributed by atoms with van der Waals surface area (Å²) in [6, 6.07) is 14.5. The molecule has 0 spiro atoms. The average molecular weight is 546 g/mol. The van der Waals surface area contributed by atoms with E-state index in [1.807, 2.05) is 0 Å². The maximum absolute atomic E-state index is 13.0. The molecule has 2 aromatic carbocycles. The number of anilines is 2. The SMILES string of the molecule is CC(OC(=O)c1ccccc1NCc1ccco1)C(=O)Nc1cc(S(=O)(=O)N2CCCCC2)ccc1Cl. The monoisotopic (exact) mass is 545 g/mol. The Kier molecular flexibility index (Phi) is 8.52. The zero-order valence-electron chi connectivity index (χ0n) is 20.3. The highest BCUT2D eigenvalue weighted by molar-refractivity contribution is 7.89. The van der Waals surface area contributed by atoms with Crippen LogP contribution >= 0.6 is 11.6 Å². The van der Waals surface area contributed by atoms with E-state index in [-0.39, 0.29) is 21.2 Å². The van der Waals surface area contributed by atoms with Crippen LogP contribution in [0.25, 0.3) is 0 Å². The largest absolute Gasteiger partial charge is 0.467 e. The van der Waals surface area contributed by atoms with E-state index in [1.54, 1.807) is 42.7 Å². The number of nitrogens with zero attached hydrogens (tertiary/aromatic N) is 1. The summed E-state index contributed by atoms with van der Waals surface area (Å²) in [5, 5.41) is 5.87. The van der Waals surface area contributed by atoms with Gasteiger partial charge in [-0.05, 0) is 62.2 Å². The standard InChI is InChI=1S/C26H28ClN3O6S/c1-18(36-26(32)21-9-3-4-10-23(21)28-17-19-8-7-15-35-19)25(31)29-24-16-20(11-12-22(24)27)37(33,34)30-13-5-2-6-14-30/h3-4,7-12,15-16,18,28H,2,5-6,13-14,17H2,1H3,(H,29,31). The molecule has 11 heteroatoms. The van der Waals surface area contributed by atoms with Crippen molar-refractivity contribution in [1.82, 2.24) is 4.31 Å². The van der Waals surface area contributed by atoms with Gasteiger partial charge >= 0.3 is 5.97 Å². The molecule has 37 heavy (non-hydrogen) atoms. The maximum Gasteiger partial charge on any atom is 0.341 e. The van der Waals surface area contributed by atoms with Crippen LogP contribution in [0.2, 0.25) is 5.02 Å². The first-order chi connectivity index (χ1) is 17.8. The fourth-order valence-electron chi connectivity index (χ4n) is 3.94. The molecule has 0 saturated carbocycles. The Morgan fingerprint density at radius 3 is 2.54 bits per heavy atom. The minimum absolute atomic E-state index is 0.0373. The van der Waals surface area contributed by atoms with E-state index in [0.29, 0.717) is 31.1 Å². The molecular formula is C26H28ClN3O6S. The molecule has 1 aromatic heterocycles. The molecule has 1 aliphatic rings. The summed E-state index contributed by atoms with van der Waals surface area (Å²) >= 11 is 6.23. The number of hydrogen-bond acceptors (Lipinski definition) is 7. The molecule has 3 aromatic rings. The Balaban J connectivity index is 1.42. The maximum atomic E-state index is 13.0. The predicted molar refractivity (Wildman–Crippen MR) is 140 cm³/mol. The first kappa shape index (κ1) is 26.7. The molecule has 1 unspecified atom stereocenters. The highest BCUT2D eigenvalue weighted by Gasteiger charge is 2.27. The number of ether oxygens (including phenoxy) is 1. The summed E-state index contributed by atoms with van der Waals surface area (Å²) in [5.74, 6) is -0.654. The van der Waals surface area contributed by atoms with E-state index >= 15 is 0 Å². The number of furan rings is 1. The van der Waals surface area contributed by atoms with Gasteiger partial charge in [-0.3, -0.25) is 4.79 Å². The van der Waals surface area contributed by atoms with E-state index in [0.717, 1.165) is 19.3 Å². The molecular weight excluding hydrogens is 518 g/mol. The van der Waals surface area contributed by atoms with Crippen LogP contribution in [0, 0.1) is 0 Å². The molecule has 0 bridgehead atoms. The predicted octanol–water partition coefficient (Wildman–Crippen LogP) is 4.90. The van der Waals surface area contributed by atoms with Crippen LogP contribution in [0.15, 0.2) is 70.2 Å². The molecule has 0 aliphatic carbocycles. The number of esters is 1. The topological polar surface area (TPSA) is 118 Å². The molecule has 1 atom stereocenters. The van der Waals surface area contributed by atoms with Crippen LogP contribution in [-0.4, -0.2) is 43.8 Å². The number of piperidine rings is 1. The smallest absolute Gasteiger partial charge is 0.341 e. The number of para-hydroxylation sites is 1. The molecule has 9 nitrogen and oxygen atoms in total. The van der Waals surface area contributed by atoms with E-state index in [1.165, 1.54) is 29.4 Å². The quantitative estimate of drug-likeness (QED) is 0.367. The molecule has 0 radical (unpaired) electrons. The molecule has 2 N–H and O–H groups in total. The van der Waals surface area contributed by atoms with Gasteiger partial charge in [-0.15, -0.1) is 0 Å². The third kappa shape index (κ3) is 6.51. The van der Waals surface area contributed by atoms with Crippen LogP contribution < -0.4 is 10.6 Å². The molecule has 2 heterocycles. The number of sulfonamides is 1. The van der Waals surface area contributed by atoms with E-state index in [2.05, 4.69) is 10.6 Å². The van der Waals surface area contributed by atoms with Crippen molar-refractivity contribution in [2.24, 2.45) is 0 Å². The molecule has 4 rings (SSSR count). The van der Waals surface area contributed by atoms with Crippen LogP contribution in [-0.2, 0) is 26.1 Å². The summed E-state index contributed by atoms with van der Waals surface area (Å²) in [4.78, 5) is 25.7. The number of rotatable bonds is 9. The zero-order valence-corrected chi connectivity index (χ0v) is 21.8. The summed E-state index contributed by atoms with van der Waals surface area (Å²) in [6.07, 6.45) is 2.99. The van der Waals surface area contributed by atoms with Gasteiger partial charge in [0.15, 0.2) is 6.10 Å². The summed E-state index contributed by atoms with van der Waals surface area (Å²) in [5.41, 5.74) is 0.893. The number of carbonyl (C=O) groups is 2. The average Bonchev–Trinajstić information content (AvgIpc) is 3.43. The second-order valence-corrected chi connectivity index (χ2v) is 11.0. The number of nitrogens with one attached hydrogen (secondary N) is 2. The van der Waals surface area contributed by atoms with Crippen molar-refractivity contribution in [1.29, 1.82) is 0 Å². The van der Waals surface area contributed by atoms with E-state index in [9.17, 15) is 18.0 Å². The van der Waals surface area contributed by atoms with Crippen molar-refractivity contribution in [3.63, 3.8) is 0 Å². The fraction of sp³-hybridized carbons (Fsp3) is 0.308. The Bertz CT molecular complexity index is 1350. The van der Waals surface area contributed by atoms with Gasteiger partial charge in [-0.1, -0.05) is 30.2 Å². The number of amides is 1. The lowest BCUT2D eigenvalue weighted by Crippen LogP contribution is -2.35. The zero-order chi connectivity index (χ0) is 26.4. The van der Waals surface area contributed by atoms with Crippen molar-refractivity contribution < 1.29 is 27.2 Å². The van der Waals surface area contributed by atoms with Crippen molar-refractivity contribution in [3.8, 4) is 0 Å². The molecule has 1 fully saturated rings. The minimum atomic E-state index is -3.71. The second kappa shape index (κ2) is 11.8. The number of halogens is 1. The Hall–Kier alpha value is -3.34.